The Kier molecular flexibility index (Phi) is 3.35. The Balaban J connectivity index is 2.40. The van der Waals surface area contributed by atoms with Crippen LogP contribution in [0.25, 0.3) is 0 Å². The fraction of sp³-hybridized carbons (Fsp3) is 0.533. The summed E-state index contributed by atoms with van der Waals surface area (Å²) < 4.78 is 12.1. The third-order valence-electron chi connectivity index (χ3n) is 4.29. The molecule has 0 saturated carbocycles. The van der Waals surface area contributed by atoms with Crippen LogP contribution in [-0.2, 0) is 9.31 Å². The number of carbonyl (C=O) groups is 1. The lowest BCUT2D eigenvalue weighted by molar-refractivity contribution is 0.00578. The first kappa shape index (κ1) is 14.3. The van der Waals surface area contributed by atoms with Crippen molar-refractivity contribution in [2.75, 3.05) is 0 Å². The Labute approximate surface area is 115 Å². The molecular weight excluding hydrogens is 239 g/mol. The lowest BCUT2D eigenvalue weighted by Crippen LogP contribution is -2.41. The van der Waals surface area contributed by atoms with Crippen molar-refractivity contribution in [3.05, 3.63) is 28.8 Å². The average molecular weight is 260 g/mol. The van der Waals surface area contributed by atoms with Crippen LogP contribution < -0.4 is 5.46 Å². The van der Waals surface area contributed by atoms with Crippen LogP contribution in [0.2, 0.25) is 0 Å². The normalized spacial score (nSPS) is 20.6. The number of hydrogen-bond acceptors (Lipinski definition) is 3. The summed E-state index contributed by atoms with van der Waals surface area (Å²) in [7, 11) is -0.371. The number of aryl methyl sites for hydroxylation is 2. The van der Waals surface area contributed by atoms with Gasteiger partial charge in [0.1, 0.15) is 6.29 Å². The van der Waals surface area contributed by atoms with Gasteiger partial charge in [-0.15, -0.1) is 0 Å². The Bertz CT molecular complexity index is 504. The minimum Gasteiger partial charge on any atom is -0.399 e. The molecule has 0 spiro atoms. The predicted octanol–water partition coefficient (Wildman–Crippen LogP) is 2.42. The van der Waals surface area contributed by atoms with Crippen molar-refractivity contribution in [3.63, 3.8) is 0 Å². The third-order valence-corrected chi connectivity index (χ3v) is 4.29. The molecule has 102 valence electrons. The second-order valence-electron chi connectivity index (χ2n) is 6.27. The maximum absolute atomic E-state index is 11.0. The SMILES string of the molecule is Cc1cc(B2OC(C)(C)C(C)(C)O2)c(C)cc1C=O. The average Bonchev–Trinajstić information content (AvgIpc) is 2.50. The molecule has 1 saturated heterocycles. The van der Waals surface area contributed by atoms with E-state index in [9.17, 15) is 4.79 Å². The summed E-state index contributed by atoms with van der Waals surface area (Å²) >= 11 is 0. The van der Waals surface area contributed by atoms with Crippen LogP contribution in [0.1, 0.15) is 49.2 Å². The van der Waals surface area contributed by atoms with E-state index in [1.165, 1.54) is 0 Å². The Morgan fingerprint density at radius 1 is 1.00 bits per heavy atom. The van der Waals surface area contributed by atoms with Gasteiger partial charge in [-0.1, -0.05) is 11.6 Å². The lowest BCUT2D eigenvalue weighted by Gasteiger charge is -2.32. The molecule has 2 rings (SSSR count). The zero-order valence-corrected chi connectivity index (χ0v) is 12.5. The van der Waals surface area contributed by atoms with Gasteiger partial charge in [-0.25, -0.2) is 0 Å². The van der Waals surface area contributed by atoms with E-state index in [4.69, 9.17) is 9.31 Å². The van der Waals surface area contributed by atoms with E-state index in [0.29, 0.717) is 0 Å². The molecule has 1 aromatic carbocycles. The molecule has 0 atom stereocenters. The minimum absolute atomic E-state index is 0.346. The maximum Gasteiger partial charge on any atom is 0.495 e. The van der Waals surface area contributed by atoms with Crippen molar-refractivity contribution >= 4 is 18.9 Å². The number of aldehydes is 1. The number of benzene rings is 1. The Hall–Kier alpha value is -1.13. The van der Waals surface area contributed by atoms with Gasteiger partial charge in [0.05, 0.1) is 11.2 Å². The van der Waals surface area contributed by atoms with E-state index in [1.807, 2.05) is 53.7 Å². The highest BCUT2D eigenvalue weighted by Gasteiger charge is 2.52. The fourth-order valence-electron chi connectivity index (χ4n) is 2.21. The number of carbonyl (C=O) groups excluding carboxylic acids is 1. The van der Waals surface area contributed by atoms with Crippen LogP contribution in [0.15, 0.2) is 12.1 Å². The standard InChI is InChI=1S/C15H21BO3/c1-10-8-13(11(2)7-12(10)9-17)16-18-14(3,4)15(5,6)19-16/h7-9H,1-6H3. The van der Waals surface area contributed by atoms with Gasteiger partial charge in [-0.3, -0.25) is 4.79 Å². The van der Waals surface area contributed by atoms with E-state index in [0.717, 1.165) is 28.4 Å². The quantitative estimate of drug-likeness (QED) is 0.605. The zero-order chi connectivity index (χ0) is 14.4. The van der Waals surface area contributed by atoms with Crippen LogP contribution in [0.4, 0.5) is 0 Å². The molecule has 1 fully saturated rings. The minimum atomic E-state index is -0.371. The smallest absolute Gasteiger partial charge is 0.399 e. The van der Waals surface area contributed by atoms with E-state index in [1.54, 1.807) is 0 Å². The number of hydrogen-bond donors (Lipinski definition) is 0. The van der Waals surface area contributed by atoms with E-state index in [2.05, 4.69) is 0 Å². The first-order valence-corrected chi connectivity index (χ1v) is 6.60. The van der Waals surface area contributed by atoms with Gasteiger partial charge in [-0.2, -0.15) is 0 Å². The van der Waals surface area contributed by atoms with Crippen molar-refractivity contribution in [1.82, 2.24) is 0 Å². The van der Waals surface area contributed by atoms with Gasteiger partial charge in [0.2, 0.25) is 0 Å². The maximum atomic E-state index is 11.0. The molecule has 0 bridgehead atoms. The molecule has 1 aromatic rings. The van der Waals surface area contributed by atoms with E-state index in [-0.39, 0.29) is 18.3 Å². The largest absolute Gasteiger partial charge is 0.495 e. The summed E-state index contributed by atoms with van der Waals surface area (Å²) in [6.07, 6.45) is 0.885. The molecule has 0 radical (unpaired) electrons. The van der Waals surface area contributed by atoms with Gasteiger partial charge in [0, 0.05) is 5.56 Å². The fourth-order valence-corrected chi connectivity index (χ4v) is 2.21. The highest BCUT2D eigenvalue weighted by Crippen LogP contribution is 2.36. The van der Waals surface area contributed by atoms with Gasteiger partial charge in [-0.05, 0) is 58.6 Å². The molecule has 0 aromatic heterocycles. The van der Waals surface area contributed by atoms with Crippen LogP contribution >= 0.6 is 0 Å². The molecule has 0 aliphatic carbocycles. The van der Waals surface area contributed by atoms with Gasteiger partial charge >= 0.3 is 7.12 Å². The lowest BCUT2D eigenvalue weighted by atomic mass is 9.75. The van der Waals surface area contributed by atoms with Crippen LogP contribution in [0.3, 0.4) is 0 Å². The Morgan fingerprint density at radius 2 is 1.53 bits per heavy atom. The van der Waals surface area contributed by atoms with Crippen LogP contribution in [-0.4, -0.2) is 24.6 Å². The summed E-state index contributed by atoms with van der Waals surface area (Å²) in [5.74, 6) is 0. The monoisotopic (exact) mass is 260 g/mol. The topological polar surface area (TPSA) is 35.5 Å². The molecule has 1 heterocycles. The number of rotatable bonds is 2. The van der Waals surface area contributed by atoms with Crippen molar-refractivity contribution in [2.45, 2.75) is 52.7 Å². The van der Waals surface area contributed by atoms with Crippen molar-refractivity contribution < 1.29 is 14.1 Å². The highest BCUT2D eigenvalue weighted by molar-refractivity contribution is 6.62. The molecule has 0 N–H and O–H groups in total. The van der Waals surface area contributed by atoms with Gasteiger partial charge < -0.3 is 9.31 Å². The molecule has 1 aliphatic heterocycles. The van der Waals surface area contributed by atoms with Crippen LogP contribution in [0.5, 0.6) is 0 Å². The third kappa shape index (κ3) is 2.35. The summed E-state index contributed by atoms with van der Waals surface area (Å²) in [5, 5.41) is 0. The van der Waals surface area contributed by atoms with Crippen molar-refractivity contribution in [3.8, 4) is 0 Å². The molecule has 1 aliphatic rings. The van der Waals surface area contributed by atoms with Gasteiger partial charge in [0.25, 0.3) is 0 Å². The van der Waals surface area contributed by atoms with Gasteiger partial charge in [0.15, 0.2) is 0 Å². The zero-order valence-electron chi connectivity index (χ0n) is 12.5. The molecule has 0 unspecified atom stereocenters. The predicted molar refractivity (Wildman–Crippen MR) is 77.0 cm³/mol. The first-order valence-electron chi connectivity index (χ1n) is 6.60. The summed E-state index contributed by atoms with van der Waals surface area (Å²) in [6, 6.07) is 3.88. The van der Waals surface area contributed by atoms with Crippen LogP contribution in [0, 0.1) is 13.8 Å². The summed E-state index contributed by atoms with van der Waals surface area (Å²) in [4.78, 5) is 11.0. The van der Waals surface area contributed by atoms with Crippen molar-refractivity contribution in [2.24, 2.45) is 0 Å². The van der Waals surface area contributed by atoms with E-state index >= 15 is 0 Å². The van der Waals surface area contributed by atoms with Crippen molar-refractivity contribution in [1.29, 1.82) is 0 Å². The summed E-state index contributed by atoms with van der Waals surface area (Å²) in [5.41, 5.74) is 3.00. The molecule has 0 amide bonds. The summed E-state index contributed by atoms with van der Waals surface area (Å²) in [6.45, 7) is 12.1. The second-order valence-corrected chi connectivity index (χ2v) is 6.27. The molecule has 19 heavy (non-hydrogen) atoms. The Morgan fingerprint density at radius 3 is 2.00 bits per heavy atom. The second kappa shape index (κ2) is 4.46. The molecular formula is C15H21BO3. The van der Waals surface area contributed by atoms with E-state index < -0.39 is 0 Å². The molecule has 3 nitrogen and oxygen atoms in total. The highest BCUT2D eigenvalue weighted by atomic mass is 16.7. The first-order chi connectivity index (χ1) is 8.68. The molecule has 4 heteroatoms.